The molecule has 2 N–H and O–H groups in total. The second-order valence-electron chi connectivity index (χ2n) is 7.86. The molecular formula is C26H25N3O5. The SMILES string of the molecule is COc1ccc(NC(=O)c2ccc(NC(=O)[C@@H]3CC(=O)N(c4cccc(OC)c4)C3)cc2)cc1. The van der Waals surface area contributed by atoms with Gasteiger partial charge in [0.15, 0.2) is 0 Å². The lowest BCUT2D eigenvalue weighted by molar-refractivity contribution is -0.122. The Morgan fingerprint density at radius 3 is 2.18 bits per heavy atom. The van der Waals surface area contributed by atoms with Crippen LogP contribution in [0, 0.1) is 5.92 Å². The molecule has 1 aliphatic rings. The molecule has 1 saturated heterocycles. The van der Waals surface area contributed by atoms with Gasteiger partial charge in [-0.15, -0.1) is 0 Å². The van der Waals surface area contributed by atoms with Crippen molar-refractivity contribution in [2.75, 3.05) is 36.3 Å². The first kappa shape index (κ1) is 22.8. The van der Waals surface area contributed by atoms with E-state index in [0.29, 0.717) is 40.7 Å². The van der Waals surface area contributed by atoms with Crippen LogP contribution in [0.2, 0.25) is 0 Å². The number of ether oxygens (including phenoxy) is 2. The highest BCUT2D eigenvalue weighted by Gasteiger charge is 2.35. The lowest BCUT2D eigenvalue weighted by Gasteiger charge is -2.17. The number of nitrogens with one attached hydrogen (secondary N) is 2. The Kier molecular flexibility index (Phi) is 6.77. The zero-order valence-corrected chi connectivity index (χ0v) is 18.9. The lowest BCUT2D eigenvalue weighted by atomic mass is 10.1. The molecule has 0 aromatic heterocycles. The van der Waals surface area contributed by atoms with Crippen molar-refractivity contribution in [3.8, 4) is 11.5 Å². The molecule has 4 rings (SSSR count). The molecular weight excluding hydrogens is 434 g/mol. The summed E-state index contributed by atoms with van der Waals surface area (Å²) in [5.74, 6) is 0.256. The minimum Gasteiger partial charge on any atom is -0.497 e. The molecule has 1 aliphatic heterocycles. The standard InChI is InChI=1S/C26H25N3O5/c1-33-22-12-10-20(11-13-22)27-25(31)17-6-8-19(9-7-17)28-26(32)18-14-24(30)29(16-18)21-4-3-5-23(15-21)34-2/h3-13,15,18H,14,16H2,1-2H3,(H,27,31)(H,28,32)/t18-/m1/s1. The van der Waals surface area contributed by atoms with Crippen molar-refractivity contribution in [3.63, 3.8) is 0 Å². The zero-order valence-electron chi connectivity index (χ0n) is 18.9. The van der Waals surface area contributed by atoms with Crippen molar-refractivity contribution < 1.29 is 23.9 Å². The Morgan fingerprint density at radius 2 is 1.50 bits per heavy atom. The highest BCUT2D eigenvalue weighted by molar-refractivity contribution is 6.05. The van der Waals surface area contributed by atoms with Gasteiger partial charge in [0.1, 0.15) is 11.5 Å². The molecule has 0 unspecified atom stereocenters. The summed E-state index contributed by atoms with van der Waals surface area (Å²) in [6, 6.07) is 20.8. The smallest absolute Gasteiger partial charge is 0.255 e. The molecule has 8 nitrogen and oxygen atoms in total. The van der Waals surface area contributed by atoms with Crippen LogP contribution >= 0.6 is 0 Å². The van der Waals surface area contributed by atoms with Gasteiger partial charge in [0, 0.05) is 41.7 Å². The molecule has 34 heavy (non-hydrogen) atoms. The highest BCUT2D eigenvalue weighted by Crippen LogP contribution is 2.28. The lowest BCUT2D eigenvalue weighted by Crippen LogP contribution is -2.28. The van der Waals surface area contributed by atoms with E-state index in [4.69, 9.17) is 9.47 Å². The van der Waals surface area contributed by atoms with Crippen LogP contribution in [0.15, 0.2) is 72.8 Å². The maximum atomic E-state index is 12.8. The average Bonchev–Trinajstić information content (AvgIpc) is 3.26. The van der Waals surface area contributed by atoms with Crippen LogP contribution in [0.1, 0.15) is 16.8 Å². The van der Waals surface area contributed by atoms with Gasteiger partial charge in [-0.05, 0) is 60.7 Å². The van der Waals surface area contributed by atoms with E-state index in [0.717, 1.165) is 0 Å². The first-order valence-electron chi connectivity index (χ1n) is 10.8. The first-order chi connectivity index (χ1) is 16.5. The summed E-state index contributed by atoms with van der Waals surface area (Å²) in [7, 11) is 3.14. The van der Waals surface area contributed by atoms with Gasteiger partial charge in [-0.1, -0.05) is 6.07 Å². The molecule has 174 valence electrons. The molecule has 0 spiro atoms. The van der Waals surface area contributed by atoms with Crippen LogP contribution in [0.3, 0.4) is 0 Å². The number of benzene rings is 3. The van der Waals surface area contributed by atoms with Gasteiger partial charge in [-0.25, -0.2) is 0 Å². The van der Waals surface area contributed by atoms with E-state index in [1.165, 1.54) is 0 Å². The van der Waals surface area contributed by atoms with Gasteiger partial charge < -0.3 is 25.0 Å². The number of carbonyl (C=O) groups is 3. The Bertz CT molecular complexity index is 1190. The predicted octanol–water partition coefficient (Wildman–Crippen LogP) is 3.95. The topological polar surface area (TPSA) is 97.0 Å². The molecule has 0 saturated carbocycles. The molecule has 3 aromatic carbocycles. The van der Waals surface area contributed by atoms with Crippen molar-refractivity contribution in [3.05, 3.63) is 78.4 Å². The van der Waals surface area contributed by atoms with Gasteiger partial charge in [-0.3, -0.25) is 14.4 Å². The summed E-state index contributed by atoms with van der Waals surface area (Å²) in [5.41, 5.74) is 2.36. The highest BCUT2D eigenvalue weighted by atomic mass is 16.5. The number of anilines is 3. The van der Waals surface area contributed by atoms with Crippen molar-refractivity contribution in [1.82, 2.24) is 0 Å². The van der Waals surface area contributed by atoms with Crippen LogP contribution < -0.4 is 25.0 Å². The Balaban J connectivity index is 1.35. The van der Waals surface area contributed by atoms with Gasteiger partial charge >= 0.3 is 0 Å². The maximum absolute atomic E-state index is 12.8. The number of nitrogens with zero attached hydrogens (tertiary/aromatic N) is 1. The number of rotatable bonds is 7. The molecule has 8 heteroatoms. The second-order valence-corrected chi connectivity index (χ2v) is 7.86. The Morgan fingerprint density at radius 1 is 0.853 bits per heavy atom. The van der Waals surface area contributed by atoms with E-state index in [1.54, 1.807) is 85.8 Å². The predicted molar refractivity (Wildman–Crippen MR) is 129 cm³/mol. The first-order valence-corrected chi connectivity index (χ1v) is 10.8. The zero-order chi connectivity index (χ0) is 24.1. The number of hydrogen-bond acceptors (Lipinski definition) is 5. The quantitative estimate of drug-likeness (QED) is 0.558. The van der Waals surface area contributed by atoms with Crippen LogP contribution in [0.4, 0.5) is 17.1 Å². The van der Waals surface area contributed by atoms with Gasteiger partial charge in [-0.2, -0.15) is 0 Å². The monoisotopic (exact) mass is 459 g/mol. The number of methoxy groups -OCH3 is 2. The van der Waals surface area contributed by atoms with Crippen LogP contribution in [-0.2, 0) is 9.59 Å². The fourth-order valence-corrected chi connectivity index (χ4v) is 3.74. The van der Waals surface area contributed by atoms with Crippen molar-refractivity contribution in [2.24, 2.45) is 5.92 Å². The largest absolute Gasteiger partial charge is 0.497 e. The van der Waals surface area contributed by atoms with E-state index in [2.05, 4.69) is 10.6 Å². The van der Waals surface area contributed by atoms with E-state index in [1.807, 2.05) is 6.07 Å². The summed E-state index contributed by atoms with van der Waals surface area (Å²) in [4.78, 5) is 39.3. The van der Waals surface area contributed by atoms with E-state index >= 15 is 0 Å². The van der Waals surface area contributed by atoms with Crippen LogP contribution in [-0.4, -0.2) is 38.5 Å². The van der Waals surface area contributed by atoms with Gasteiger partial charge in [0.25, 0.3) is 5.91 Å². The summed E-state index contributed by atoms with van der Waals surface area (Å²) < 4.78 is 10.3. The Labute approximate surface area is 197 Å². The summed E-state index contributed by atoms with van der Waals surface area (Å²) in [6.45, 7) is 0.292. The normalized spacial score (nSPS) is 15.1. The summed E-state index contributed by atoms with van der Waals surface area (Å²) in [5, 5.41) is 5.65. The summed E-state index contributed by atoms with van der Waals surface area (Å²) in [6.07, 6.45) is 0.130. The molecule has 3 amide bonds. The summed E-state index contributed by atoms with van der Waals surface area (Å²) >= 11 is 0. The van der Waals surface area contributed by atoms with Crippen molar-refractivity contribution >= 4 is 34.8 Å². The van der Waals surface area contributed by atoms with E-state index in [-0.39, 0.29) is 24.1 Å². The maximum Gasteiger partial charge on any atom is 0.255 e. The molecule has 1 heterocycles. The minimum atomic E-state index is -0.475. The van der Waals surface area contributed by atoms with Crippen molar-refractivity contribution in [2.45, 2.75) is 6.42 Å². The Hall–Kier alpha value is -4.33. The van der Waals surface area contributed by atoms with Crippen LogP contribution in [0.25, 0.3) is 0 Å². The number of carbonyl (C=O) groups excluding carboxylic acids is 3. The molecule has 1 atom stereocenters. The number of hydrogen-bond donors (Lipinski definition) is 2. The fourth-order valence-electron chi connectivity index (χ4n) is 3.74. The second kappa shape index (κ2) is 10.1. The minimum absolute atomic E-state index is 0.112. The molecule has 0 bridgehead atoms. The number of amides is 3. The fraction of sp³-hybridized carbons (Fsp3) is 0.192. The third-order valence-electron chi connectivity index (χ3n) is 5.62. The van der Waals surface area contributed by atoms with Gasteiger partial charge in [0.05, 0.1) is 20.1 Å². The van der Waals surface area contributed by atoms with Crippen molar-refractivity contribution in [1.29, 1.82) is 0 Å². The average molecular weight is 460 g/mol. The molecule has 1 fully saturated rings. The third kappa shape index (κ3) is 5.17. The molecule has 0 aliphatic carbocycles. The third-order valence-corrected chi connectivity index (χ3v) is 5.62. The van der Waals surface area contributed by atoms with Crippen LogP contribution in [0.5, 0.6) is 11.5 Å². The molecule has 0 radical (unpaired) electrons. The molecule has 3 aromatic rings. The van der Waals surface area contributed by atoms with E-state index in [9.17, 15) is 14.4 Å². The van der Waals surface area contributed by atoms with Gasteiger partial charge in [0.2, 0.25) is 11.8 Å². The van der Waals surface area contributed by atoms with E-state index < -0.39 is 5.92 Å².